The van der Waals surface area contributed by atoms with E-state index in [0.717, 1.165) is 11.1 Å². The molecule has 0 aliphatic carbocycles. The number of hydrogen-bond donors (Lipinski definition) is 3. The Morgan fingerprint density at radius 1 is 0.977 bits per heavy atom. The quantitative estimate of drug-likeness (QED) is 0.239. The lowest BCUT2D eigenvalue weighted by molar-refractivity contribution is -0.132. The van der Waals surface area contributed by atoms with Crippen molar-refractivity contribution in [3.8, 4) is 0 Å². The number of nitrogens with one attached hydrogen (secondary N) is 3. The Morgan fingerprint density at radius 2 is 1.60 bits per heavy atom. The third-order valence-corrected chi connectivity index (χ3v) is 10.6. The van der Waals surface area contributed by atoms with Crippen LogP contribution in [0.1, 0.15) is 58.1 Å². The van der Waals surface area contributed by atoms with Crippen molar-refractivity contribution < 1.29 is 28.2 Å². The standard InChI is InChI=1S/C32H47N4O6P/c1-6-24(4)29(31(38)33-21-23(2)3)35-30(37)27-18-13-19-36(27)43(40,41-5)28(20-25-14-9-7-10-15-25)34-32(39)42-22-26-16-11-8-12-17-26/h7-12,14-17,23-24,27-29H,6,13,18-22H2,1-5H3,(H,33,38)(H,34,39)(H,35,37)/t24-,27-,28?,29-,43+/m0/s1. The number of amides is 3. The topological polar surface area (TPSA) is 126 Å². The molecule has 43 heavy (non-hydrogen) atoms. The molecule has 2 aromatic carbocycles. The molecule has 3 rings (SSSR count). The number of benzene rings is 2. The molecule has 11 heteroatoms. The van der Waals surface area contributed by atoms with Crippen LogP contribution >= 0.6 is 7.52 Å². The van der Waals surface area contributed by atoms with Crippen molar-refractivity contribution >= 4 is 25.4 Å². The third-order valence-electron chi connectivity index (χ3n) is 7.79. The van der Waals surface area contributed by atoms with Crippen molar-refractivity contribution in [2.75, 3.05) is 20.2 Å². The first kappa shape index (κ1) is 34.3. The molecule has 0 saturated carbocycles. The number of nitrogens with zero attached hydrogens (tertiary/aromatic N) is 1. The fourth-order valence-corrected chi connectivity index (χ4v) is 7.68. The van der Waals surface area contributed by atoms with E-state index in [2.05, 4.69) is 16.0 Å². The van der Waals surface area contributed by atoms with Crippen LogP contribution in [0.2, 0.25) is 0 Å². The second-order valence-electron chi connectivity index (χ2n) is 11.5. The number of carbonyl (C=O) groups excluding carboxylic acids is 3. The van der Waals surface area contributed by atoms with E-state index in [1.807, 2.05) is 88.4 Å². The molecule has 1 saturated heterocycles. The predicted octanol–water partition coefficient (Wildman–Crippen LogP) is 5.09. The number of hydrogen-bond acceptors (Lipinski definition) is 6. The van der Waals surface area contributed by atoms with Crippen LogP contribution in [0.15, 0.2) is 60.7 Å². The van der Waals surface area contributed by atoms with Gasteiger partial charge in [0, 0.05) is 26.6 Å². The lowest BCUT2D eigenvalue weighted by atomic mass is 9.97. The fraction of sp³-hybridized carbons (Fsp3) is 0.531. The van der Waals surface area contributed by atoms with Crippen LogP contribution in [0.4, 0.5) is 4.79 Å². The van der Waals surface area contributed by atoms with Gasteiger partial charge in [-0.15, -0.1) is 0 Å². The summed E-state index contributed by atoms with van der Waals surface area (Å²) in [4.78, 5) is 39.8. The summed E-state index contributed by atoms with van der Waals surface area (Å²) in [6.45, 7) is 8.80. The van der Waals surface area contributed by atoms with Crippen LogP contribution in [0.25, 0.3) is 0 Å². The van der Waals surface area contributed by atoms with E-state index in [9.17, 15) is 18.9 Å². The number of carbonyl (C=O) groups is 3. The van der Waals surface area contributed by atoms with Crippen molar-refractivity contribution in [2.45, 2.75) is 77.9 Å². The molecule has 236 valence electrons. The van der Waals surface area contributed by atoms with Gasteiger partial charge in [-0.05, 0) is 35.8 Å². The van der Waals surface area contributed by atoms with Crippen LogP contribution in [0, 0.1) is 11.8 Å². The van der Waals surface area contributed by atoms with Gasteiger partial charge < -0.3 is 25.2 Å². The SMILES string of the molecule is CC[C@H](C)[C@H](NC(=O)[C@@H]1CCCN1[P@](=O)(OC)C(Cc1ccccc1)NC(=O)OCc1ccccc1)C(=O)NCC(C)C. The molecule has 0 radical (unpaired) electrons. The van der Waals surface area contributed by atoms with Gasteiger partial charge in [-0.1, -0.05) is 94.8 Å². The third kappa shape index (κ3) is 9.65. The van der Waals surface area contributed by atoms with E-state index in [0.29, 0.717) is 32.4 Å². The lowest BCUT2D eigenvalue weighted by Crippen LogP contribution is -2.55. The summed E-state index contributed by atoms with van der Waals surface area (Å²) < 4.78 is 27.6. The summed E-state index contributed by atoms with van der Waals surface area (Å²) >= 11 is 0. The highest BCUT2D eigenvalue weighted by Crippen LogP contribution is 2.57. The molecule has 3 amide bonds. The van der Waals surface area contributed by atoms with Gasteiger partial charge in [0.1, 0.15) is 18.4 Å². The fourth-order valence-electron chi connectivity index (χ4n) is 5.11. The molecule has 3 N–H and O–H groups in total. The minimum Gasteiger partial charge on any atom is -0.445 e. The Morgan fingerprint density at radius 3 is 2.19 bits per heavy atom. The Bertz CT molecular complexity index is 1230. The average molecular weight is 615 g/mol. The molecule has 0 spiro atoms. The number of ether oxygens (including phenoxy) is 1. The maximum absolute atomic E-state index is 14.8. The van der Waals surface area contributed by atoms with Crippen molar-refractivity contribution in [3.63, 3.8) is 0 Å². The van der Waals surface area contributed by atoms with E-state index in [1.54, 1.807) is 4.67 Å². The summed E-state index contributed by atoms with van der Waals surface area (Å²) in [7, 11) is -2.51. The van der Waals surface area contributed by atoms with Gasteiger partial charge in [0.25, 0.3) is 7.52 Å². The zero-order valence-electron chi connectivity index (χ0n) is 26.0. The molecule has 1 heterocycles. The molecule has 1 aliphatic heterocycles. The number of rotatable bonds is 15. The van der Waals surface area contributed by atoms with Crippen LogP contribution in [0.3, 0.4) is 0 Å². The first-order chi connectivity index (χ1) is 20.6. The van der Waals surface area contributed by atoms with Crippen LogP contribution in [-0.4, -0.2) is 60.6 Å². The molecular weight excluding hydrogens is 567 g/mol. The predicted molar refractivity (Wildman–Crippen MR) is 167 cm³/mol. The minimum absolute atomic E-state index is 0.0482. The smallest absolute Gasteiger partial charge is 0.408 e. The summed E-state index contributed by atoms with van der Waals surface area (Å²) in [5.74, 6) is -1.45. The van der Waals surface area contributed by atoms with Crippen molar-refractivity contribution in [1.82, 2.24) is 20.6 Å². The zero-order valence-corrected chi connectivity index (χ0v) is 26.8. The second-order valence-corrected chi connectivity index (χ2v) is 14.1. The Kier molecular flexibility index (Phi) is 13.2. The van der Waals surface area contributed by atoms with Crippen LogP contribution in [0.5, 0.6) is 0 Å². The average Bonchev–Trinajstić information content (AvgIpc) is 3.52. The van der Waals surface area contributed by atoms with Gasteiger partial charge in [-0.3, -0.25) is 14.2 Å². The van der Waals surface area contributed by atoms with Gasteiger partial charge >= 0.3 is 6.09 Å². The van der Waals surface area contributed by atoms with E-state index < -0.39 is 31.5 Å². The molecule has 1 fully saturated rings. The monoisotopic (exact) mass is 614 g/mol. The van der Waals surface area contributed by atoms with Gasteiger partial charge in [-0.2, -0.15) is 0 Å². The molecule has 0 aromatic heterocycles. The summed E-state index contributed by atoms with van der Waals surface area (Å²) in [6.07, 6.45) is 1.20. The van der Waals surface area contributed by atoms with Crippen LogP contribution < -0.4 is 16.0 Å². The van der Waals surface area contributed by atoms with Crippen molar-refractivity contribution in [3.05, 3.63) is 71.8 Å². The molecule has 1 aliphatic rings. The zero-order chi connectivity index (χ0) is 31.4. The summed E-state index contributed by atoms with van der Waals surface area (Å²) in [6, 6.07) is 17.1. The van der Waals surface area contributed by atoms with E-state index in [-0.39, 0.29) is 36.7 Å². The van der Waals surface area contributed by atoms with Crippen molar-refractivity contribution in [2.24, 2.45) is 11.8 Å². The molecule has 5 atom stereocenters. The highest BCUT2D eigenvalue weighted by molar-refractivity contribution is 7.57. The van der Waals surface area contributed by atoms with Gasteiger partial charge in [0.2, 0.25) is 11.8 Å². The van der Waals surface area contributed by atoms with Gasteiger partial charge in [0.15, 0.2) is 0 Å². The Balaban J connectivity index is 1.83. The van der Waals surface area contributed by atoms with Gasteiger partial charge in [0.05, 0.1) is 6.04 Å². The molecular formula is C32H47N4O6P. The molecule has 10 nitrogen and oxygen atoms in total. The molecule has 0 bridgehead atoms. The second kappa shape index (κ2) is 16.6. The van der Waals surface area contributed by atoms with Gasteiger partial charge in [-0.25, -0.2) is 9.46 Å². The number of alkyl carbamates (subject to hydrolysis) is 1. The largest absolute Gasteiger partial charge is 0.445 e. The van der Waals surface area contributed by atoms with E-state index >= 15 is 0 Å². The van der Waals surface area contributed by atoms with Crippen molar-refractivity contribution in [1.29, 1.82) is 0 Å². The van der Waals surface area contributed by atoms with E-state index in [1.165, 1.54) is 7.11 Å². The Labute approximate surface area is 255 Å². The van der Waals surface area contributed by atoms with Crippen LogP contribution in [-0.2, 0) is 36.4 Å². The maximum atomic E-state index is 14.8. The van der Waals surface area contributed by atoms with E-state index in [4.69, 9.17) is 9.26 Å². The molecule has 2 aromatic rings. The highest BCUT2D eigenvalue weighted by atomic mass is 31.2. The first-order valence-electron chi connectivity index (χ1n) is 15.1. The minimum atomic E-state index is -3.85. The summed E-state index contributed by atoms with van der Waals surface area (Å²) in [5.41, 5.74) is 1.66. The summed E-state index contributed by atoms with van der Waals surface area (Å²) in [5, 5.41) is 8.67. The highest BCUT2D eigenvalue weighted by Gasteiger charge is 2.48. The first-order valence-corrected chi connectivity index (χ1v) is 16.8. The maximum Gasteiger partial charge on any atom is 0.408 e. The molecule has 1 unspecified atom stereocenters. The Hall–Kier alpha value is -3.20. The normalized spacial score (nSPS) is 18.7. The lowest BCUT2D eigenvalue weighted by Gasteiger charge is -2.36.